The maximum Gasteiger partial charge on any atom is 0.408 e. The van der Waals surface area contributed by atoms with E-state index in [4.69, 9.17) is 9.47 Å². The first kappa shape index (κ1) is 17.0. The van der Waals surface area contributed by atoms with E-state index in [1.165, 1.54) is 0 Å². The number of rotatable bonds is 5. The summed E-state index contributed by atoms with van der Waals surface area (Å²) in [4.78, 5) is 24.2. The number of benzene rings is 1. The summed E-state index contributed by atoms with van der Waals surface area (Å²) in [5, 5.41) is 2.61. The molecule has 0 bridgehead atoms. The molecular formula is C16H23NO4. The van der Waals surface area contributed by atoms with Gasteiger partial charge in [-0.05, 0) is 39.3 Å². The molecular weight excluding hydrogens is 270 g/mol. The molecule has 0 fully saturated rings. The molecule has 5 heteroatoms. The minimum absolute atomic E-state index is 0.165. The number of hydrogen-bond donors (Lipinski definition) is 1. The van der Waals surface area contributed by atoms with E-state index in [0.29, 0.717) is 17.7 Å². The summed E-state index contributed by atoms with van der Waals surface area (Å²) >= 11 is 0. The Morgan fingerprint density at radius 1 is 1.29 bits per heavy atom. The van der Waals surface area contributed by atoms with Gasteiger partial charge in [-0.15, -0.1) is 0 Å². The number of amides is 1. The molecule has 0 saturated heterocycles. The lowest BCUT2D eigenvalue weighted by Gasteiger charge is -2.22. The minimum atomic E-state index is -0.619. The summed E-state index contributed by atoms with van der Waals surface area (Å²) in [6, 6.07) is 6.24. The zero-order valence-electron chi connectivity index (χ0n) is 13.2. The van der Waals surface area contributed by atoms with Gasteiger partial charge in [0.05, 0.1) is 13.2 Å². The van der Waals surface area contributed by atoms with Crippen LogP contribution in [0.5, 0.6) is 5.75 Å². The quantitative estimate of drug-likeness (QED) is 0.847. The Labute approximate surface area is 125 Å². The molecule has 0 aliphatic rings. The molecule has 21 heavy (non-hydrogen) atoms. The molecule has 1 aromatic rings. The first-order valence-corrected chi connectivity index (χ1v) is 6.94. The summed E-state index contributed by atoms with van der Waals surface area (Å²) in [6.45, 7) is 7.16. The number of carbonyl (C=O) groups is 2. The van der Waals surface area contributed by atoms with E-state index in [0.717, 1.165) is 0 Å². The first-order valence-electron chi connectivity index (χ1n) is 6.94. The molecule has 0 radical (unpaired) electrons. The van der Waals surface area contributed by atoms with Gasteiger partial charge in [0.25, 0.3) is 0 Å². The summed E-state index contributed by atoms with van der Waals surface area (Å²) in [5.74, 6) is 0.440. The second-order valence-electron chi connectivity index (χ2n) is 5.70. The third-order valence-corrected chi connectivity index (χ3v) is 2.77. The molecule has 0 aliphatic carbocycles. The van der Waals surface area contributed by atoms with E-state index in [1.807, 2.05) is 6.92 Å². The van der Waals surface area contributed by atoms with Crippen molar-refractivity contribution >= 4 is 11.9 Å². The molecule has 0 aliphatic heterocycles. The number of ketones is 1. The topological polar surface area (TPSA) is 64.6 Å². The first-order chi connectivity index (χ1) is 9.76. The highest BCUT2D eigenvalue weighted by molar-refractivity contribution is 6.01. The van der Waals surface area contributed by atoms with Crippen LogP contribution in [0.25, 0.3) is 0 Å². The summed E-state index contributed by atoms with van der Waals surface area (Å²) in [7, 11) is 1.54. The van der Waals surface area contributed by atoms with Gasteiger partial charge < -0.3 is 14.8 Å². The second kappa shape index (κ2) is 7.11. The van der Waals surface area contributed by atoms with Crippen LogP contribution in [-0.2, 0) is 4.74 Å². The monoisotopic (exact) mass is 293 g/mol. The Bertz CT molecular complexity index is 505. The van der Waals surface area contributed by atoms with Crippen LogP contribution in [-0.4, -0.2) is 30.6 Å². The van der Waals surface area contributed by atoms with Crippen LogP contribution in [0.2, 0.25) is 0 Å². The van der Waals surface area contributed by atoms with E-state index < -0.39 is 17.7 Å². The van der Waals surface area contributed by atoms with Crippen molar-refractivity contribution in [3.8, 4) is 5.75 Å². The highest BCUT2D eigenvalue weighted by Crippen LogP contribution is 2.15. The van der Waals surface area contributed by atoms with Crippen molar-refractivity contribution in [1.82, 2.24) is 5.32 Å². The van der Waals surface area contributed by atoms with Crippen LogP contribution in [0.3, 0.4) is 0 Å². The van der Waals surface area contributed by atoms with Gasteiger partial charge in [-0.3, -0.25) is 4.79 Å². The molecule has 0 spiro atoms. The zero-order valence-corrected chi connectivity index (χ0v) is 13.2. The van der Waals surface area contributed by atoms with Crippen LogP contribution < -0.4 is 10.1 Å². The van der Waals surface area contributed by atoms with Gasteiger partial charge >= 0.3 is 6.09 Å². The fourth-order valence-corrected chi connectivity index (χ4v) is 1.78. The van der Waals surface area contributed by atoms with Crippen molar-refractivity contribution in [3.63, 3.8) is 0 Å². The number of methoxy groups -OCH3 is 1. The molecule has 1 N–H and O–H groups in total. The molecule has 0 aromatic heterocycles. The van der Waals surface area contributed by atoms with Crippen LogP contribution in [0.4, 0.5) is 4.79 Å². The van der Waals surface area contributed by atoms with Crippen molar-refractivity contribution in [2.24, 2.45) is 0 Å². The molecule has 116 valence electrons. The molecule has 5 nitrogen and oxygen atoms in total. The normalized spacial score (nSPS) is 12.4. The largest absolute Gasteiger partial charge is 0.497 e. The van der Waals surface area contributed by atoms with Gasteiger partial charge in [0.2, 0.25) is 0 Å². The Morgan fingerprint density at radius 2 is 1.95 bits per heavy atom. The molecule has 1 amide bonds. The molecule has 1 atom stereocenters. The number of Topliss-reactive ketones (excluding diaryl/α,β-unsaturated/α-hetero) is 1. The number of alkyl carbamates (subject to hydrolysis) is 1. The maximum absolute atomic E-state index is 12.4. The maximum atomic E-state index is 12.4. The van der Waals surface area contributed by atoms with Gasteiger partial charge in [-0.2, -0.15) is 0 Å². The van der Waals surface area contributed by atoms with Crippen LogP contribution >= 0.6 is 0 Å². The van der Waals surface area contributed by atoms with Gasteiger partial charge in [0, 0.05) is 5.56 Å². The van der Waals surface area contributed by atoms with Gasteiger partial charge in [-0.1, -0.05) is 19.1 Å². The van der Waals surface area contributed by atoms with Crippen LogP contribution in [0.1, 0.15) is 44.5 Å². The smallest absolute Gasteiger partial charge is 0.408 e. The van der Waals surface area contributed by atoms with Crippen LogP contribution in [0, 0.1) is 0 Å². The van der Waals surface area contributed by atoms with E-state index in [1.54, 1.807) is 52.1 Å². The fraction of sp³-hybridized carbons (Fsp3) is 0.500. The molecule has 1 rings (SSSR count). The van der Waals surface area contributed by atoms with Crippen molar-refractivity contribution in [3.05, 3.63) is 29.8 Å². The Hall–Kier alpha value is -2.04. The lowest BCUT2D eigenvalue weighted by Crippen LogP contribution is -2.43. The summed E-state index contributed by atoms with van der Waals surface area (Å²) in [6.07, 6.45) is -0.111. The van der Waals surface area contributed by atoms with Crippen molar-refractivity contribution in [2.45, 2.75) is 45.8 Å². The SMILES string of the molecule is CCC(NC(=O)OC(C)(C)C)C(=O)c1cccc(OC)c1. The van der Waals surface area contributed by atoms with E-state index in [9.17, 15) is 9.59 Å². The van der Waals surface area contributed by atoms with Gasteiger partial charge in [0.15, 0.2) is 5.78 Å². The predicted molar refractivity (Wildman–Crippen MR) is 80.8 cm³/mol. The standard InChI is InChI=1S/C16H23NO4/c1-6-13(17-15(19)21-16(2,3)4)14(18)11-8-7-9-12(10-11)20-5/h7-10,13H,6H2,1-5H3,(H,17,19). The van der Waals surface area contributed by atoms with Gasteiger partial charge in [0.1, 0.15) is 11.4 Å². The highest BCUT2D eigenvalue weighted by atomic mass is 16.6. The predicted octanol–water partition coefficient (Wildman–Crippen LogP) is 3.18. The average molecular weight is 293 g/mol. The Morgan fingerprint density at radius 3 is 2.48 bits per heavy atom. The van der Waals surface area contributed by atoms with Crippen molar-refractivity contribution in [1.29, 1.82) is 0 Å². The Balaban J connectivity index is 2.79. The highest BCUT2D eigenvalue weighted by Gasteiger charge is 2.24. The molecule has 0 saturated carbocycles. The minimum Gasteiger partial charge on any atom is -0.497 e. The molecule has 1 unspecified atom stereocenters. The average Bonchev–Trinajstić information content (AvgIpc) is 2.42. The van der Waals surface area contributed by atoms with Gasteiger partial charge in [-0.25, -0.2) is 4.79 Å². The number of nitrogens with one attached hydrogen (secondary N) is 1. The van der Waals surface area contributed by atoms with E-state index in [2.05, 4.69) is 5.32 Å². The van der Waals surface area contributed by atoms with Crippen LogP contribution in [0.15, 0.2) is 24.3 Å². The molecule has 0 heterocycles. The van der Waals surface area contributed by atoms with Crippen molar-refractivity contribution in [2.75, 3.05) is 7.11 Å². The lowest BCUT2D eigenvalue weighted by molar-refractivity contribution is 0.0490. The van der Waals surface area contributed by atoms with E-state index >= 15 is 0 Å². The third-order valence-electron chi connectivity index (χ3n) is 2.77. The summed E-state index contributed by atoms with van der Waals surface area (Å²) in [5.41, 5.74) is -0.0984. The zero-order chi connectivity index (χ0) is 16.0. The lowest BCUT2D eigenvalue weighted by atomic mass is 10.0. The number of ether oxygens (including phenoxy) is 2. The number of carbonyl (C=O) groups excluding carboxylic acids is 2. The van der Waals surface area contributed by atoms with Crippen molar-refractivity contribution < 1.29 is 19.1 Å². The molecule has 1 aromatic carbocycles. The fourth-order valence-electron chi connectivity index (χ4n) is 1.78. The van der Waals surface area contributed by atoms with E-state index in [-0.39, 0.29) is 5.78 Å². The number of hydrogen-bond acceptors (Lipinski definition) is 4. The second-order valence-corrected chi connectivity index (χ2v) is 5.70. The third kappa shape index (κ3) is 5.45. The summed E-state index contributed by atoms with van der Waals surface area (Å²) < 4.78 is 10.3. The Kier molecular flexibility index (Phi) is 5.76.